The van der Waals surface area contributed by atoms with Gasteiger partial charge in [0, 0.05) is 20.0 Å². The van der Waals surface area contributed by atoms with E-state index in [2.05, 4.69) is 0 Å². The number of nitrogens with two attached hydrogens (primary N) is 1. The van der Waals surface area contributed by atoms with Crippen LogP contribution in [0.3, 0.4) is 0 Å². The quantitative estimate of drug-likeness (QED) is 0.558. The highest BCUT2D eigenvalue weighted by Gasteiger charge is 2.27. The molecule has 4 atom stereocenters. The van der Waals surface area contributed by atoms with E-state index in [0.717, 1.165) is 0 Å². The second-order valence-electron chi connectivity index (χ2n) is 3.74. The Hall–Kier alpha value is -1.11. The lowest BCUT2D eigenvalue weighted by molar-refractivity contribution is -0.0498. The first-order chi connectivity index (χ1) is 7.52. The van der Waals surface area contributed by atoms with E-state index in [0.29, 0.717) is 6.42 Å². The third-order valence-electron chi connectivity index (χ3n) is 2.49. The number of primary amides is 1. The van der Waals surface area contributed by atoms with Gasteiger partial charge in [-0.2, -0.15) is 0 Å². The van der Waals surface area contributed by atoms with Gasteiger partial charge in [-0.05, 0) is 6.08 Å². The van der Waals surface area contributed by atoms with Gasteiger partial charge >= 0.3 is 6.09 Å². The molecule has 92 valence electrons. The number of methoxy groups -OCH3 is 1. The average molecular weight is 231 g/mol. The molecule has 0 aromatic carbocycles. The van der Waals surface area contributed by atoms with Crippen molar-refractivity contribution in [2.45, 2.75) is 37.3 Å². The van der Waals surface area contributed by atoms with Gasteiger partial charge in [-0.1, -0.05) is 6.08 Å². The van der Waals surface area contributed by atoms with Crippen LogP contribution < -0.4 is 5.73 Å². The third kappa shape index (κ3) is 3.80. The van der Waals surface area contributed by atoms with Crippen LogP contribution in [-0.4, -0.2) is 47.8 Å². The Morgan fingerprint density at radius 3 is 2.62 bits per heavy atom. The van der Waals surface area contributed by atoms with E-state index in [4.69, 9.17) is 15.2 Å². The first-order valence-corrected chi connectivity index (χ1v) is 5.06. The first kappa shape index (κ1) is 13.0. The summed E-state index contributed by atoms with van der Waals surface area (Å²) in [6.45, 7) is 0. The number of aliphatic hydroxyl groups is 2. The molecule has 0 heterocycles. The molecule has 16 heavy (non-hydrogen) atoms. The smallest absolute Gasteiger partial charge is 0.405 e. The zero-order valence-electron chi connectivity index (χ0n) is 9.07. The summed E-state index contributed by atoms with van der Waals surface area (Å²) in [5, 5.41) is 19.3. The van der Waals surface area contributed by atoms with E-state index in [9.17, 15) is 15.0 Å². The fraction of sp³-hybridized carbons (Fsp3) is 0.700. The number of aliphatic hydroxyl groups excluding tert-OH is 2. The summed E-state index contributed by atoms with van der Waals surface area (Å²) >= 11 is 0. The number of ether oxygens (including phenoxy) is 2. The summed E-state index contributed by atoms with van der Waals surface area (Å²) in [5.41, 5.74) is 4.89. The molecule has 0 radical (unpaired) electrons. The van der Waals surface area contributed by atoms with E-state index in [1.165, 1.54) is 19.3 Å². The predicted octanol–water partition coefficient (Wildman–Crippen LogP) is -0.463. The maximum absolute atomic E-state index is 10.6. The highest BCUT2D eigenvalue weighted by Crippen LogP contribution is 2.18. The Labute approximate surface area is 93.6 Å². The normalized spacial score (nSPS) is 37.2. The monoisotopic (exact) mass is 231 g/mol. The molecule has 4 unspecified atom stereocenters. The van der Waals surface area contributed by atoms with E-state index in [-0.39, 0.29) is 6.42 Å². The molecule has 0 saturated heterocycles. The van der Waals surface area contributed by atoms with Crippen molar-refractivity contribution in [3.05, 3.63) is 12.2 Å². The Morgan fingerprint density at radius 2 is 2.06 bits per heavy atom. The Bertz CT molecular complexity index is 268. The largest absolute Gasteiger partial charge is 0.442 e. The van der Waals surface area contributed by atoms with Crippen LogP contribution in [0.2, 0.25) is 0 Å². The minimum atomic E-state index is -0.911. The lowest BCUT2D eigenvalue weighted by atomic mass is 9.97. The van der Waals surface area contributed by atoms with Crippen LogP contribution in [0.4, 0.5) is 4.79 Å². The molecular formula is C10H17NO5. The molecule has 0 bridgehead atoms. The van der Waals surface area contributed by atoms with E-state index in [1.807, 2.05) is 0 Å². The number of amides is 1. The molecule has 0 saturated carbocycles. The molecule has 1 rings (SSSR count). The molecule has 0 spiro atoms. The van der Waals surface area contributed by atoms with Crippen molar-refractivity contribution in [3.63, 3.8) is 0 Å². The summed E-state index contributed by atoms with van der Waals surface area (Å²) in [5.74, 6) is 0. The minimum Gasteiger partial charge on any atom is -0.442 e. The SMILES string of the molecule is COC1CC(O)/C=C/C(OC(N)=O)CC1O. The summed E-state index contributed by atoms with van der Waals surface area (Å²) in [4.78, 5) is 10.6. The topological polar surface area (TPSA) is 102 Å². The molecular weight excluding hydrogens is 214 g/mol. The highest BCUT2D eigenvalue weighted by atomic mass is 16.6. The van der Waals surface area contributed by atoms with E-state index >= 15 is 0 Å². The lowest BCUT2D eigenvalue weighted by Gasteiger charge is -2.27. The molecule has 6 nitrogen and oxygen atoms in total. The van der Waals surface area contributed by atoms with Crippen LogP contribution >= 0.6 is 0 Å². The molecule has 0 aromatic heterocycles. The molecule has 4 N–H and O–H groups in total. The Morgan fingerprint density at radius 1 is 1.38 bits per heavy atom. The second kappa shape index (κ2) is 5.83. The number of rotatable bonds is 2. The van der Waals surface area contributed by atoms with Gasteiger partial charge in [0.1, 0.15) is 6.10 Å². The molecule has 0 aliphatic heterocycles. The Balaban J connectivity index is 2.70. The van der Waals surface area contributed by atoms with Crippen molar-refractivity contribution in [3.8, 4) is 0 Å². The van der Waals surface area contributed by atoms with Gasteiger partial charge in [-0.15, -0.1) is 0 Å². The van der Waals surface area contributed by atoms with Crippen LogP contribution in [-0.2, 0) is 9.47 Å². The van der Waals surface area contributed by atoms with Gasteiger partial charge < -0.3 is 25.4 Å². The molecule has 1 amide bonds. The fourth-order valence-electron chi connectivity index (χ4n) is 1.68. The van der Waals surface area contributed by atoms with Gasteiger partial charge in [-0.25, -0.2) is 4.79 Å². The summed E-state index contributed by atoms with van der Waals surface area (Å²) in [6, 6.07) is 0. The maximum Gasteiger partial charge on any atom is 0.405 e. The molecule has 6 heteroatoms. The first-order valence-electron chi connectivity index (χ1n) is 5.06. The van der Waals surface area contributed by atoms with Crippen molar-refractivity contribution in [1.82, 2.24) is 0 Å². The fourth-order valence-corrected chi connectivity index (χ4v) is 1.68. The van der Waals surface area contributed by atoms with Gasteiger partial charge in [0.2, 0.25) is 0 Å². The number of carbonyl (C=O) groups excluding carboxylic acids is 1. The number of hydrogen-bond donors (Lipinski definition) is 3. The molecule has 0 aromatic rings. The molecule has 0 fully saturated rings. The molecule has 1 aliphatic rings. The van der Waals surface area contributed by atoms with Crippen LogP contribution in [0.15, 0.2) is 12.2 Å². The zero-order valence-corrected chi connectivity index (χ0v) is 9.07. The third-order valence-corrected chi connectivity index (χ3v) is 2.49. The highest BCUT2D eigenvalue weighted by molar-refractivity contribution is 5.65. The second-order valence-corrected chi connectivity index (χ2v) is 3.74. The maximum atomic E-state index is 10.6. The Kier molecular flexibility index (Phi) is 4.72. The zero-order chi connectivity index (χ0) is 12.1. The number of carbonyl (C=O) groups is 1. The van der Waals surface area contributed by atoms with Crippen molar-refractivity contribution in [2.24, 2.45) is 5.73 Å². The minimum absolute atomic E-state index is 0.199. The van der Waals surface area contributed by atoms with Gasteiger partial charge in [0.15, 0.2) is 0 Å². The van der Waals surface area contributed by atoms with Crippen molar-refractivity contribution in [1.29, 1.82) is 0 Å². The summed E-state index contributed by atoms with van der Waals surface area (Å²) in [7, 11) is 1.45. The standard InChI is InChI=1S/C10H17NO5/c1-15-9-4-6(12)2-3-7(5-8(9)13)16-10(11)14/h2-3,6-9,12-13H,4-5H2,1H3,(H2,11,14)/b3-2+. The van der Waals surface area contributed by atoms with E-state index < -0.39 is 30.5 Å². The van der Waals surface area contributed by atoms with Crippen LogP contribution in [0.5, 0.6) is 0 Å². The predicted molar refractivity (Wildman–Crippen MR) is 55.6 cm³/mol. The van der Waals surface area contributed by atoms with Crippen molar-refractivity contribution >= 4 is 6.09 Å². The molecule has 1 aliphatic carbocycles. The van der Waals surface area contributed by atoms with Gasteiger partial charge in [0.05, 0.1) is 18.3 Å². The van der Waals surface area contributed by atoms with Crippen LogP contribution in [0.1, 0.15) is 12.8 Å². The van der Waals surface area contributed by atoms with Crippen molar-refractivity contribution < 1.29 is 24.5 Å². The van der Waals surface area contributed by atoms with E-state index in [1.54, 1.807) is 0 Å². The lowest BCUT2D eigenvalue weighted by Crippen LogP contribution is -2.37. The van der Waals surface area contributed by atoms with Gasteiger partial charge in [-0.3, -0.25) is 0 Å². The van der Waals surface area contributed by atoms with Crippen LogP contribution in [0.25, 0.3) is 0 Å². The van der Waals surface area contributed by atoms with Crippen molar-refractivity contribution in [2.75, 3.05) is 7.11 Å². The van der Waals surface area contributed by atoms with Gasteiger partial charge in [0.25, 0.3) is 0 Å². The summed E-state index contributed by atoms with van der Waals surface area (Å²) in [6.07, 6.45) is -0.0595. The number of hydrogen-bond acceptors (Lipinski definition) is 5. The average Bonchev–Trinajstić information content (AvgIpc) is 2.19. The summed E-state index contributed by atoms with van der Waals surface area (Å²) < 4.78 is 9.81. The van der Waals surface area contributed by atoms with Crippen LogP contribution in [0, 0.1) is 0 Å².